The van der Waals surface area contributed by atoms with E-state index in [2.05, 4.69) is 25.9 Å². The van der Waals surface area contributed by atoms with E-state index in [1.165, 1.54) is 19.4 Å². The molecule has 2 heterocycles. The average molecular weight is 286 g/mol. The highest BCUT2D eigenvalue weighted by molar-refractivity contribution is 6.99. The van der Waals surface area contributed by atoms with Crippen LogP contribution in [-0.2, 0) is 0 Å². The maximum atomic E-state index is 9.80. The van der Waals surface area contributed by atoms with E-state index in [1.807, 2.05) is 0 Å². The molecule has 1 aromatic heterocycles. The Bertz CT molecular complexity index is 350. The van der Waals surface area contributed by atoms with Crippen LogP contribution in [0.1, 0.15) is 19.8 Å². The van der Waals surface area contributed by atoms with E-state index >= 15 is 0 Å². The molecule has 19 heavy (non-hydrogen) atoms. The van der Waals surface area contributed by atoms with Crippen molar-refractivity contribution < 1.29 is 9.84 Å². The van der Waals surface area contributed by atoms with Gasteiger partial charge in [0.2, 0.25) is 5.88 Å². The van der Waals surface area contributed by atoms with Gasteiger partial charge in [0.1, 0.15) is 18.9 Å². The van der Waals surface area contributed by atoms with Gasteiger partial charge in [-0.05, 0) is 25.9 Å². The summed E-state index contributed by atoms with van der Waals surface area (Å²) in [5.41, 5.74) is 0. The molecule has 2 atom stereocenters. The molecule has 1 aliphatic rings. The molecular formula is C12H22N4O2S. The molecule has 0 spiro atoms. The van der Waals surface area contributed by atoms with E-state index < -0.39 is 6.10 Å². The molecule has 1 aliphatic heterocycles. The van der Waals surface area contributed by atoms with Crippen molar-refractivity contribution in [2.45, 2.75) is 31.9 Å². The third kappa shape index (κ3) is 4.68. The van der Waals surface area contributed by atoms with Crippen LogP contribution in [0.25, 0.3) is 0 Å². The number of likely N-dealkylation sites (N-methyl/N-ethyl adjacent to an activating group) is 1. The normalized spacial score (nSPS) is 21.7. The van der Waals surface area contributed by atoms with Crippen LogP contribution in [0.3, 0.4) is 0 Å². The predicted octanol–water partition coefficient (Wildman–Crippen LogP) is 0.352. The average Bonchev–Trinajstić information content (AvgIpc) is 3.07. The fraction of sp³-hybridized carbons (Fsp3) is 0.833. The Morgan fingerprint density at radius 3 is 3.32 bits per heavy atom. The monoisotopic (exact) mass is 286 g/mol. The number of nitrogens with one attached hydrogen (secondary N) is 1. The molecule has 6 nitrogen and oxygen atoms in total. The summed E-state index contributed by atoms with van der Waals surface area (Å²) in [7, 11) is 0. The number of hydrogen-bond acceptors (Lipinski definition) is 7. The van der Waals surface area contributed by atoms with Gasteiger partial charge >= 0.3 is 0 Å². The molecule has 108 valence electrons. The molecule has 0 aliphatic carbocycles. The van der Waals surface area contributed by atoms with Crippen LogP contribution >= 0.6 is 11.7 Å². The molecule has 0 aromatic carbocycles. The lowest BCUT2D eigenvalue weighted by Crippen LogP contribution is -2.41. The number of nitrogens with zero attached hydrogens (tertiary/aromatic N) is 3. The molecule has 2 unspecified atom stereocenters. The van der Waals surface area contributed by atoms with Crippen LogP contribution in [0.4, 0.5) is 0 Å². The van der Waals surface area contributed by atoms with Crippen LogP contribution in [-0.4, -0.2) is 63.7 Å². The summed E-state index contributed by atoms with van der Waals surface area (Å²) in [6.07, 6.45) is 3.57. The fourth-order valence-electron chi connectivity index (χ4n) is 2.42. The summed E-state index contributed by atoms with van der Waals surface area (Å²) < 4.78 is 13.1. The highest BCUT2D eigenvalue weighted by Crippen LogP contribution is 2.15. The first-order valence-corrected chi connectivity index (χ1v) is 7.55. The van der Waals surface area contributed by atoms with Gasteiger partial charge in [0.05, 0.1) is 11.7 Å². The van der Waals surface area contributed by atoms with Gasteiger partial charge in [-0.3, -0.25) is 4.90 Å². The largest absolute Gasteiger partial charge is 0.473 e. The van der Waals surface area contributed by atoms with E-state index in [4.69, 9.17) is 4.74 Å². The quantitative estimate of drug-likeness (QED) is 0.719. The third-order valence-corrected chi connectivity index (χ3v) is 3.89. The molecule has 0 amide bonds. The maximum Gasteiger partial charge on any atom is 0.245 e. The maximum absolute atomic E-state index is 9.80. The van der Waals surface area contributed by atoms with Gasteiger partial charge < -0.3 is 15.2 Å². The van der Waals surface area contributed by atoms with Crippen molar-refractivity contribution in [3.63, 3.8) is 0 Å². The zero-order chi connectivity index (χ0) is 13.5. The van der Waals surface area contributed by atoms with E-state index in [0.717, 1.165) is 24.8 Å². The lowest BCUT2D eigenvalue weighted by atomic mass is 10.2. The Morgan fingerprint density at radius 1 is 1.68 bits per heavy atom. The van der Waals surface area contributed by atoms with Gasteiger partial charge in [0, 0.05) is 19.1 Å². The summed E-state index contributed by atoms with van der Waals surface area (Å²) in [5.74, 6) is 0.483. The summed E-state index contributed by atoms with van der Waals surface area (Å²) in [6, 6.07) is 0.612. The van der Waals surface area contributed by atoms with Crippen molar-refractivity contribution in [1.29, 1.82) is 0 Å². The number of hydrogen-bond donors (Lipinski definition) is 2. The molecule has 1 fully saturated rings. The lowest BCUT2D eigenvalue weighted by Gasteiger charge is -2.23. The predicted molar refractivity (Wildman–Crippen MR) is 74.5 cm³/mol. The van der Waals surface area contributed by atoms with Crippen molar-refractivity contribution in [3.05, 3.63) is 6.20 Å². The first-order chi connectivity index (χ1) is 9.29. The first kappa shape index (κ1) is 14.6. The van der Waals surface area contributed by atoms with Gasteiger partial charge in [0.15, 0.2) is 0 Å². The summed E-state index contributed by atoms with van der Waals surface area (Å²) in [4.78, 5) is 2.48. The minimum absolute atomic E-state index is 0.251. The van der Waals surface area contributed by atoms with Crippen molar-refractivity contribution in [2.75, 3.05) is 32.8 Å². The highest BCUT2D eigenvalue weighted by Gasteiger charge is 2.22. The van der Waals surface area contributed by atoms with Gasteiger partial charge in [-0.15, -0.1) is 4.37 Å². The first-order valence-electron chi connectivity index (χ1n) is 6.82. The molecule has 0 saturated carbocycles. The number of rotatable bonds is 8. The van der Waals surface area contributed by atoms with E-state index in [-0.39, 0.29) is 6.61 Å². The Balaban J connectivity index is 1.57. The van der Waals surface area contributed by atoms with E-state index in [1.54, 1.807) is 6.20 Å². The Morgan fingerprint density at radius 2 is 2.58 bits per heavy atom. The van der Waals surface area contributed by atoms with Crippen molar-refractivity contribution in [2.24, 2.45) is 0 Å². The second kappa shape index (κ2) is 7.74. The molecule has 0 radical (unpaired) electrons. The number of aromatic nitrogens is 2. The topological polar surface area (TPSA) is 70.5 Å². The molecule has 2 N–H and O–H groups in total. The van der Waals surface area contributed by atoms with Gasteiger partial charge in [-0.1, -0.05) is 6.92 Å². The van der Waals surface area contributed by atoms with Crippen LogP contribution in [0, 0.1) is 0 Å². The number of ether oxygens (including phenoxy) is 1. The molecule has 1 saturated heterocycles. The van der Waals surface area contributed by atoms with Gasteiger partial charge in [-0.25, -0.2) is 0 Å². The second-order valence-corrected chi connectivity index (χ2v) is 5.35. The zero-order valence-corrected chi connectivity index (χ0v) is 12.1. The van der Waals surface area contributed by atoms with Crippen molar-refractivity contribution in [1.82, 2.24) is 19.0 Å². The summed E-state index contributed by atoms with van der Waals surface area (Å²) in [5, 5.41) is 13.1. The van der Waals surface area contributed by atoms with Gasteiger partial charge in [-0.2, -0.15) is 4.37 Å². The third-order valence-electron chi connectivity index (χ3n) is 3.43. The molecule has 0 bridgehead atoms. The van der Waals surface area contributed by atoms with Crippen molar-refractivity contribution >= 4 is 11.7 Å². The SMILES string of the molecule is CCN1CCCC1CNCC(O)COc1cnsn1. The molecule has 1 aromatic rings. The lowest BCUT2D eigenvalue weighted by molar-refractivity contribution is 0.102. The van der Waals surface area contributed by atoms with Gasteiger partial charge in [0.25, 0.3) is 0 Å². The Labute approximate surface area is 118 Å². The smallest absolute Gasteiger partial charge is 0.245 e. The minimum atomic E-state index is -0.516. The minimum Gasteiger partial charge on any atom is -0.473 e. The van der Waals surface area contributed by atoms with Crippen LogP contribution < -0.4 is 10.1 Å². The summed E-state index contributed by atoms with van der Waals surface area (Å²) >= 11 is 1.10. The highest BCUT2D eigenvalue weighted by atomic mass is 32.1. The van der Waals surface area contributed by atoms with Crippen LogP contribution in [0.2, 0.25) is 0 Å². The summed E-state index contributed by atoms with van der Waals surface area (Å²) in [6.45, 7) is 6.23. The zero-order valence-electron chi connectivity index (χ0n) is 11.3. The number of likely N-dealkylation sites (tertiary alicyclic amines) is 1. The van der Waals surface area contributed by atoms with E-state index in [9.17, 15) is 5.11 Å². The fourth-order valence-corrected chi connectivity index (χ4v) is 2.78. The van der Waals surface area contributed by atoms with E-state index in [0.29, 0.717) is 18.5 Å². The van der Waals surface area contributed by atoms with Crippen LogP contribution in [0.5, 0.6) is 5.88 Å². The standard InChI is InChI=1S/C12H22N4O2S/c1-2-16-5-3-4-10(16)6-13-7-11(17)9-18-12-8-14-19-15-12/h8,10-11,13,17H,2-7,9H2,1H3. The molecule has 2 rings (SSSR count). The molecule has 7 heteroatoms. The van der Waals surface area contributed by atoms with Crippen LogP contribution in [0.15, 0.2) is 6.20 Å². The second-order valence-electron chi connectivity index (χ2n) is 4.79. The number of aliphatic hydroxyl groups excluding tert-OH is 1. The molecular weight excluding hydrogens is 264 g/mol. The Kier molecular flexibility index (Phi) is 5.96. The number of aliphatic hydroxyl groups is 1. The Hall–Kier alpha value is -0.760. The van der Waals surface area contributed by atoms with Crippen molar-refractivity contribution in [3.8, 4) is 5.88 Å².